The van der Waals surface area contributed by atoms with Gasteiger partial charge in [0.15, 0.2) is 6.10 Å². The summed E-state index contributed by atoms with van der Waals surface area (Å²) in [4.78, 5) is 49.9. The molecule has 1 saturated heterocycles. The standard InChI is InChI=1S/C20H24ClN3O5/c1-13(17(26)22-12-14-6-2-3-7-15(14)21)29-16(25)8-11-24-18(27)20(23-19(24)28)9-4-5-10-20/h2-3,6-7,13H,4-5,8-12H2,1H3,(H,22,26)(H,23,28)/t13-/m0/s1. The van der Waals surface area contributed by atoms with Crippen molar-refractivity contribution >= 4 is 35.4 Å². The molecule has 2 N–H and O–H groups in total. The summed E-state index contributed by atoms with van der Waals surface area (Å²) < 4.78 is 5.12. The van der Waals surface area contributed by atoms with Crippen molar-refractivity contribution in [1.29, 1.82) is 0 Å². The number of hydrogen-bond donors (Lipinski definition) is 2. The second-order valence-corrected chi connectivity index (χ2v) is 7.77. The number of nitrogens with one attached hydrogen (secondary N) is 2. The van der Waals surface area contributed by atoms with Crippen LogP contribution in [0.5, 0.6) is 0 Å². The Morgan fingerprint density at radius 3 is 2.66 bits per heavy atom. The number of ether oxygens (including phenoxy) is 1. The van der Waals surface area contributed by atoms with Crippen LogP contribution in [0.1, 0.15) is 44.6 Å². The van der Waals surface area contributed by atoms with Crippen LogP contribution in [0, 0.1) is 0 Å². The van der Waals surface area contributed by atoms with Crippen molar-refractivity contribution in [3.8, 4) is 0 Å². The molecule has 0 radical (unpaired) electrons. The molecule has 1 aromatic rings. The Hall–Kier alpha value is -2.61. The van der Waals surface area contributed by atoms with Crippen LogP contribution in [0.15, 0.2) is 24.3 Å². The molecule has 2 fully saturated rings. The van der Waals surface area contributed by atoms with Gasteiger partial charge in [-0.3, -0.25) is 19.3 Å². The minimum Gasteiger partial charge on any atom is -0.452 e. The van der Waals surface area contributed by atoms with E-state index in [2.05, 4.69) is 10.6 Å². The predicted molar refractivity (Wildman–Crippen MR) is 105 cm³/mol. The first-order chi connectivity index (χ1) is 13.8. The van der Waals surface area contributed by atoms with Gasteiger partial charge in [0, 0.05) is 18.1 Å². The molecule has 29 heavy (non-hydrogen) atoms. The van der Waals surface area contributed by atoms with E-state index in [1.165, 1.54) is 6.92 Å². The molecule has 0 bridgehead atoms. The van der Waals surface area contributed by atoms with E-state index in [4.69, 9.17) is 16.3 Å². The van der Waals surface area contributed by atoms with Gasteiger partial charge in [-0.2, -0.15) is 0 Å². The Morgan fingerprint density at radius 1 is 1.28 bits per heavy atom. The van der Waals surface area contributed by atoms with E-state index in [1.807, 2.05) is 6.07 Å². The number of halogens is 1. The summed E-state index contributed by atoms with van der Waals surface area (Å²) in [5.74, 6) is -1.39. The van der Waals surface area contributed by atoms with Gasteiger partial charge in [0.25, 0.3) is 11.8 Å². The summed E-state index contributed by atoms with van der Waals surface area (Å²) >= 11 is 6.04. The quantitative estimate of drug-likeness (QED) is 0.518. The zero-order valence-corrected chi connectivity index (χ0v) is 17.0. The number of carbonyl (C=O) groups is 4. The second-order valence-electron chi connectivity index (χ2n) is 7.37. The number of hydrogen-bond acceptors (Lipinski definition) is 5. The van der Waals surface area contributed by atoms with Gasteiger partial charge in [-0.15, -0.1) is 0 Å². The first-order valence-electron chi connectivity index (χ1n) is 9.67. The Morgan fingerprint density at radius 2 is 1.97 bits per heavy atom. The van der Waals surface area contributed by atoms with Gasteiger partial charge in [-0.1, -0.05) is 42.6 Å². The molecular weight excluding hydrogens is 398 g/mol. The number of rotatable bonds is 7. The Balaban J connectivity index is 1.44. The van der Waals surface area contributed by atoms with Crippen LogP contribution in [0.25, 0.3) is 0 Å². The smallest absolute Gasteiger partial charge is 0.325 e. The highest BCUT2D eigenvalue weighted by Crippen LogP contribution is 2.35. The highest BCUT2D eigenvalue weighted by molar-refractivity contribution is 6.31. The maximum Gasteiger partial charge on any atom is 0.325 e. The lowest BCUT2D eigenvalue weighted by Crippen LogP contribution is -2.44. The molecular formula is C20H24ClN3O5. The predicted octanol–water partition coefficient (Wildman–Crippen LogP) is 2.14. The maximum absolute atomic E-state index is 12.5. The first-order valence-corrected chi connectivity index (χ1v) is 10.0. The van der Waals surface area contributed by atoms with Crippen LogP contribution < -0.4 is 10.6 Å². The zero-order valence-electron chi connectivity index (χ0n) is 16.2. The summed E-state index contributed by atoms with van der Waals surface area (Å²) in [5, 5.41) is 5.95. The van der Waals surface area contributed by atoms with E-state index >= 15 is 0 Å². The third kappa shape index (κ3) is 4.70. The van der Waals surface area contributed by atoms with E-state index in [1.54, 1.807) is 18.2 Å². The lowest BCUT2D eigenvalue weighted by atomic mass is 9.98. The molecule has 8 nitrogen and oxygen atoms in total. The summed E-state index contributed by atoms with van der Waals surface area (Å²) in [7, 11) is 0. The van der Waals surface area contributed by atoms with Crippen LogP contribution in [0.2, 0.25) is 5.02 Å². The van der Waals surface area contributed by atoms with Gasteiger partial charge < -0.3 is 15.4 Å². The third-order valence-electron chi connectivity index (χ3n) is 5.33. The molecule has 9 heteroatoms. The number of nitrogens with zero attached hydrogens (tertiary/aromatic N) is 1. The number of amides is 4. The molecule has 1 heterocycles. The SMILES string of the molecule is C[C@H](OC(=O)CCN1C(=O)NC2(CCCC2)C1=O)C(=O)NCc1ccccc1Cl. The van der Waals surface area contributed by atoms with Crippen LogP contribution in [-0.2, 0) is 25.7 Å². The molecule has 0 unspecified atom stereocenters. The van der Waals surface area contributed by atoms with E-state index in [9.17, 15) is 19.2 Å². The van der Waals surface area contributed by atoms with Crippen LogP contribution in [0.3, 0.4) is 0 Å². The van der Waals surface area contributed by atoms with Gasteiger partial charge in [-0.25, -0.2) is 4.79 Å². The molecule has 1 aliphatic heterocycles. The minimum atomic E-state index is -1.01. The van der Waals surface area contributed by atoms with Crippen molar-refractivity contribution in [1.82, 2.24) is 15.5 Å². The normalized spacial score (nSPS) is 18.6. The second kappa shape index (κ2) is 8.82. The van der Waals surface area contributed by atoms with E-state index in [0.29, 0.717) is 17.9 Å². The van der Waals surface area contributed by atoms with Gasteiger partial charge >= 0.3 is 12.0 Å². The van der Waals surface area contributed by atoms with E-state index in [-0.39, 0.29) is 25.4 Å². The summed E-state index contributed by atoms with van der Waals surface area (Å²) in [6.07, 6.45) is 1.86. The van der Waals surface area contributed by atoms with Crippen molar-refractivity contribution in [3.63, 3.8) is 0 Å². The van der Waals surface area contributed by atoms with E-state index < -0.39 is 29.6 Å². The molecule has 3 rings (SSSR count). The Bertz CT molecular complexity index is 822. The average molecular weight is 422 g/mol. The molecule has 1 aromatic carbocycles. The lowest BCUT2D eigenvalue weighted by Gasteiger charge is -2.20. The van der Waals surface area contributed by atoms with Crippen molar-refractivity contribution in [2.24, 2.45) is 0 Å². The molecule has 1 atom stereocenters. The Kier molecular flexibility index (Phi) is 6.42. The number of carbonyl (C=O) groups excluding carboxylic acids is 4. The maximum atomic E-state index is 12.5. The van der Waals surface area contributed by atoms with Gasteiger partial charge in [0.05, 0.1) is 6.42 Å². The molecule has 4 amide bonds. The van der Waals surface area contributed by atoms with Crippen LogP contribution in [-0.4, -0.2) is 46.9 Å². The highest BCUT2D eigenvalue weighted by atomic mass is 35.5. The molecule has 1 saturated carbocycles. The van der Waals surface area contributed by atoms with Crippen molar-refractivity contribution < 1.29 is 23.9 Å². The topological polar surface area (TPSA) is 105 Å². The Labute approximate surface area is 173 Å². The number of benzene rings is 1. The fraction of sp³-hybridized carbons (Fsp3) is 0.500. The summed E-state index contributed by atoms with van der Waals surface area (Å²) in [6, 6.07) is 6.63. The highest BCUT2D eigenvalue weighted by Gasteiger charge is 2.52. The fourth-order valence-corrected chi connectivity index (χ4v) is 3.88. The number of esters is 1. The van der Waals surface area contributed by atoms with Crippen LogP contribution >= 0.6 is 11.6 Å². The first kappa shape index (κ1) is 21.1. The van der Waals surface area contributed by atoms with Gasteiger partial charge in [-0.05, 0) is 31.4 Å². The number of imide groups is 1. The molecule has 156 valence electrons. The molecule has 1 aliphatic carbocycles. The van der Waals surface area contributed by atoms with Crippen molar-refractivity contribution in [2.75, 3.05) is 6.54 Å². The largest absolute Gasteiger partial charge is 0.452 e. The average Bonchev–Trinajstić information content (AvgIpc) is 3.24. The third-order valence-corrected chi connectivity index (χ3v) is 5.70. The fourth-order valence-electron chi connectivity index (χ4n) is 3.68. The van der Waals surface area contributed by atoms with Gasteiger partial charge in [0.2, 0.25) is 0 Å². The summed E-state index contributed by atoms with van der Waals surface area (Å²) in [5.41, 5.74) is -0.0483. The molecule has 2 aliphatic rings. The van der Waals surface area contributed by atoms with Crippen molar-refractivity contribution in [2.45, 2.75) is 57.2 Å². The minimum absolute atomic E-state index is 0.0702. The van der Waals surface area contributed by atoms with Gasteiger partial charge in [0.1, 0.15) is 5.54 Å². The molecule has 0 aromatic heterocycles. The van der Waals surface area contributed by atoms with E-state index in [0.717, 1.165) is 23.3 Å². The van der Waals surface area contributed by atoms with Crippen LogP contribution in [0.4, 0.5) is 4.79 Å². The van der Waals surface area contributed by atoms with Crippen molar-refractivity contribution in [3.05, 3.63) is 34.9 Å². The number of urea groups is 1. The monoisotopic (exact) mass is 421 g/mol. The zero-order chi connectivity index (χ0) is 21.0. The lowest BCUT2D eigenvalue weighted by molar-refractivity contribution is -0.155. The molecule has 1 spiro atoms. The summed E-state index contributed by atoms with van der Waals surface area (Å²) in [6.45, 7) is 1.60.